The lowest BCUT2D eigenvalue weighted by atomic mass is 10.0. The number of aliphatic carboxylic acids is 1. The molecule has 5 heteroatoms. The number of nitrogens with zero attached hydrogens (tertiary/aromatic N) is 2. The van der Waals surface area contributed by atoms with Gasteiger partial charge in [0, 0.05) is 12.6 Å². The van der Waals surface area contributed by atoms with Crippen LogP contribution in [0.25, 0.3) is 0 Å². The molecule has 18 heavy (non-hydrogen) atoms. The largest absolute Gasteiger partial charge is 0.480 e. The Hall–Kier alpha value is -0.320. The van der Waals surface area contributed by atoms with Crippen molar-refractivity contribution in [1.29, 1.82) is 0 Å². The van der Waals surface area contributed by atoms with Gasteiger partial charge in [0.25, 0.3) is 0 Å². The van der Waals surface area contributed by atoms with E-state index in [4.69, 9.17) is 5.11 Å². The third-order valence-electron chi connectivity index (χ3n) is 3.83. The standard InChI is InChI=1S/C13H26N2O2.ClH/c1-4-11(2)9-15-7-5-12(6-8-15)14(3)10-13(16)17;/h11-12H,4-10H2,1-3H3,(H,16,17);1H. The molecule has 0 amide bonds. The summed E-state index contributed by atoms with van der Waals surface area (Å²) < 4.78 is 0. The Bertz CT molecular complexity index is 243. The van der Waals surface area contributed by atoms with E-state index >= 15 is 0 Å². The number of piperidine rings is 1. The smallest absolute Gasteiger partial charge is 0.317 e. The van der Waals surface area contributed by atoms with E-state index in [0.717, 1.165) is 31.8 Å². The van der Waals surface area contributed by atoms with Gasteiger partial charge in [0.05, 0.1) is 6.54 Å². The molecule has 1 N–H and O–H groups in total. The summed E-state index contributed by atoms with van der Waals surface area (Å²) in [4.78, 5) is 15.1. The van der Waals surface area contributed by atoms with Gasteiger partial charge in [-0.3, -0.25) is 9.69 Å². The molecule has 0 aromatic carbocycles. The maximum Gasteiger partial charge on any atom is 0.317 e. The Balaban J connectivity index is 0.00000289. The normalized spacial score (nSPS) is 19.6. The fourth-order valence-corrected chi connectivity index (χ4v) is 2.46. The number of carboxylic acid groups (broad SMARTS) is 1. The van der Waals surface area contributed by atoms with Crippen LogP contribution in [0.4, 0.5) is 0 Å². The Morgan fingerprint density at radius 1 is 1.44 bits per heavy atom. The monoisotopic (exact) mass is 278 g/mol. The van der Waals surface area contributed by atoms with Crippen LogP contribution in [0, 0.1) is 5.92 Å². The highest BCUT2D eigenvalue weighted by atomic mass is 35.5. The fraction of sp³-hybridized carbons (Fsp3) is 0.923. The van der Waals surface area contributed by atoms with Crippen molar-refractivity contribution in [3.63, 3.8) is 0 Å². The van der Waals surface area contributed by atoms with E-state index in [-0.39, 0.29) is 19.0 Å². The van der Waals surface area contributed by atoms with Crippen LogP contribution in [-0.2, 0) is 4.79 Å². The molecule has 0 aromatic heterocycles. The van der Waals surface area contributed by atoms with Crippen molar-refractivity contribution in [3.05, 3.63) is 0 Å². The van der Waals surface area contributed by atoms with Gasteiger partial charge in [0.15, 0.2) is 0 Å². The molecule has 1 aliphatic heterocycles. The zero-order valence-corrected chi connectivity index (χ0v) is 12.6. The Morgan fingerprint density at radius 3 is 2.44 bits per heavy atom. The van der Waals surface area contributed by atoms with Gasteiger partial charge in [0.2, 0.25) is 0 Å². The number of rotatable bonds is 6. The average molecular weight is 279 g/mol. The molecule has 1 unspecified atom stereocenters. The second kappa shape index (κ2) is 8.73. The van der Waals surface area contributed by atoms with Gasteiger partial charge in [-0.25, -0.2) is 0 Å². The first-order valence-electron chi connectivity index (χ1n) is 6.67. The molecule has 1 heterocycles. The van der Waals surface area contributed by atoms with Gasteiger partial charge in [-0.1, -0.05) is 20.3 Å². The quantitative estimate of drug-likeness (QED) is 0.806. The highest BCUT2D eigenvalue weighted by Gasteiger charge is 2.23. The lowest BCUT2D eigenvalue weighted by Crippen LogP contribution is -2.45. The number of halogens is 1. The Kier molecular flexibility index (Phi) is 8.57. The minimum absolute atomic E-state index is 0. The summed E-state index contributed by atoms with van der Waals surface area (Å²) in [6.45, 7) is 8.10. The first-order chi connectivity index (χ1) is 8.02. The first kappa shape index (κ1) is 17.7. The van der Waals surface area contributed by atoms with Crippen molar-refractivity contribution in [2.24, 2.45) is 5.92 Å². The van der Waals surface area contributed by atoms with E-state index < -0.39 is 5.97 Å². The zero-order chi connectivity index (χ0) is 12.8. The zero-order valence-electron chi connectivity index (χ0n) is 11.8. The molecule has 0 spiro atoms. The maximum absolute atomic E-state index is 10.6. The molecule has 1 saturated heterocycles. The van der Waals surface area contributed by atoms with Crippen LogP contribution in [-0.4, -0.2) is 60.1 Å². The summed E-state index contributed by atoms with van der Waals surface area (Å²) in [5, 5.41) is 8.77. The third-order valence-corrected chi connectivity index (χ3v) is 3.83. The van der Waals surface area contributed by atoms with Crippen LogP contribution in [0.1, 0.15) is 33.1 Å². The highest BCUT2D eigenvalue weighted by molar-refractivity contribution is 5.85. The van der Waals surface area contributed by atoms with Crippen molar-refractivity contribution in [2.45, 2.75) is 39.2 Å². The molecular weight excluding hydrogens is 252 g/mol. The summed E-state index contributed by atoms with van der Waals surface area (Å²) in [7, 11) is 1.92. The van der Waals surface area contributed by atoms with Crippen LogP contribution < -0.4 is 0 Å². The molecule has 0 saturated carbocycles. The molecule has 0 bridgehead atoms. The number of carbonyl (C=O) groups is 1. The highest BCUT2D eigenvalue weighted by Crippen LogP contribution is 2.16. The Morgan fingerprint density at radius 2 is 2.00 bits per heavy atom. The second-order valence-electron chi connectivity index (χ2n) is 5.35. The van der Waals surface area contributed by atoms with Gasteiger partial charge in [0.1, 0.15) is 0 Å². The molecule has 108 valence electrons. The van der Waals surface area contributed by atoms with E-state index in [0.29, 0.717) is 6.04 Å². The predicted octanol–water partition coefficient (Wildman–Crippen LogP) is 1.94. The second-order valence-corrected chi connectivity index (χ2v) is 5.35. The van der Waals surface area contributed by atoms with Crippen LogP contribution in [0.5, 0.6) is 0 Å². The summed E-state index contributed by atoms with van der Waals surface area (Å²) >= 11 is 0. The summed E-state index contributed by atoms with van der Waals surface area (Å²) in [5.41, 5.74) is 0. The maximum atomic E-state index is 10.6. The minimum atomic E-state index is -0.727. The van der Waals surface area contributed by atoms with E-state index in [1.165, 1.54) is 13.0 Å². The lowest BCUT2D eigenvalue weighted by Gasteiger charge is -2.37. The van der Waals surface area contributed by atoms with Crippen molar-refractivity contribution in [2.75, 3.05) is 33.2 Å². The molecule has 1 fully saturated rings. The summed E-state index contributed by atoms with van der Waals surface area (Å²) in [6.07, 6.45) is 3.43. The average Bonchev–Trinajstić information content (AvgIpc) is 2.28. The van der Waals surface area contributed by atoms with Crippen LogP contribution >= 0.6 is 12.4 Å². The van der Waals surface area contributed by atoms with Gasteiger partial charge in [-0.05, 0) is 38.9 Å². The van der Waals surface area contributed by atoms with Crippen molar-refractivity contribution in [1.82, 2.24) is 9.80 Å². The van der Waals surface area contributed by atoms with Crippen molar-refractivity contribution in [3.8, 4) is 0 Å². The molecule has 0 aromatic rings. The topological polar surface area (TPSA) is 43.8 Å². The molecule has 1 atom stereocenters. The third kappa shape index (κ3) is 6.03. The molecular formula is C13H27ClN2O2. The van der Waals surface area contributed by atoms with Crippen molar-refractivity contribution < 1.29 is 9.90 Å². The van der Waals surface area contributed by atoms with Crippen molar-refractivity contribution >= 4 is 18.4 Å². The lowest BCUT2D eigenvalue weighted by molar-refractivity contribution is -0.138. The van der Waals surface area contributed by atoms with Gasteiger partial charge in [-0.2, -0.15) is 0 Å². The van der Waals surface area contributed by atoms with E-state index in [1.807, 2.05) is 11.9 Å². The van der Waals surface area contributed by atoms with E-state index in [2.05, 4.69) is 18.7 Å². The Labute approximate surface area is 117 Å². The number of likely N-dealkylation sites (N-methyl/N-ethyl adjacent to an activating group) is 1. The fourth-order valence-electron chi connectivity index (χ4n) is 2.46. The van der Waals surface area contributed by atoms with E-state index in [9.17, 15) is 4.79 Å². The molecule has 0 aliphatic carbocycles. The summed E-state index contributed by atoms with van der Waals surface area (Å²) in [6, 6.07) is 0.444. The molecule has 4 nitrogen and oxygen atoms in total. The SMILES string of the molecule is CCC(C)CN1CCC(N(C)CC(=O)O)CC1.Cl. The van der Waals surface area contributed by atoms with Gasteiger partial charge in [-0.15, -0.1) is 12.4 Å². The summed E-state index contributed by atoms with van der Waals surface area (Å²) in [5.74, 6) is 0.0397. The number of hydrogen-bond donors (Lipinski definition) is 1. The predicted molar refractivity (Wildman–Crippen MR) is 76.4 cm³/mol. The number of likely N-dealkylation sites (tertiary alicyclic amines) is 1. The van der Waals surface area contributed by atoms with Gasteiger partial charge < -0.3 is 10.0 Å². The molecule has 0 radical (unpaired) electrons. The minimum Gasteiger partial charge on any atom is -0.480 e. The van der Waals surface area contributed by atoms with Crippen LogP contribution in [0.2, 0.25) is 0 Å². The molecule has 1 aliphatic rings. The van der Waals surface area contributed by atoms with E-state index in [1.54, 1.807) is 0 Å². The number of hydrogen-bond acceptors (Lipinski definition) is 3. The first-order valence-corrected chi connectivity index (χ1v) is 6.67. The van der Waals surface area contributed by atoms with Gasteiger partial charge >= 0.3 is 5.97 Å². The van der Waals surface area contributed by atoms with Crippen LogP contribution in [0.15, 0.2) is 0 Å². The number of carboxylic acids is 1. The van der Waals surface area contributed by atoms with Crippen LogP contribution in [0.3, 0.4) is 0 Å². The molecule has 1 rings (SSSR count).